The minimum absolute atomic E-state index is 0.0530. The molecule has 3 amide bonds. The predicted octanol–water partition coefficient (Wildman–Crippen LogP) is 4.41. The van der Waals surface area contributed by atoms with Gasteiger partial charge in [-0.3, -0.25) is 14.4 Å². The van der Waals surface area contributed by atoms with Gasteiger partial charge in [-0.05, 0) is 37.1 Å². The highest BCUT2D eigenvalue weighted by molar-refractivity contribution is 6.25. The van der Waals surface area contributed by atoms with Crippen LogP contribution in [-0.2, 0) is 15.8 Å². The molecule has 2 atom stereocenters. The highest BCUT2D eigenvalue weighted by Crippen LogP contribution is 2.39. The van der Waals surface area contributed by atoms with Crippen molar-refractivity contribution in [1.82, 2.24) is 0 Å². The molecule has 8 heteroatoms. The molecule has 5 nitrogen and oxygen atoms in total. The molecule has 154 valence electrons. The Hall–Kier alpha value is -3.42. The molecule has 1 heterocycles. The number of para-hydroxylation sites is 2. The molecule has 0 unspecified atom stereocenters. The number of nitrogens with one attached hydrogen (secondary N) is 1. The zero-order valence-electron chi connectivity index (χ0n) is 15.6. The van der Waals surface area contributed by atoms with Crippen LogP contribution >= 0.6 is 0 Å². The van der Waals surface area contributed by atoms with Crippen LogP contribution in [0.3, 0.4) is 0 Å². The third-order valence-corrected chi connectivity index (χ3v) is 5.38. The van der Waals surface area contributed by atoms with Crippen molar-refractivity contribution < 1.29 is 27.6 Å². The summed E-state index contributed by atoms with van der Waals surface area (Å²) in [5.41, 5.74) is -1.37. The van der Waals surface area contributed by atoms with Crippen LogP contribution in [0, 0.1) is 11.8 Å². The molecule has 0 aromatic heterocycles. The number of benzene rings is 2. The third-order valence-electron chi connectivity index (χ3n) is 5.38. The van der Waals surface area contributed by atoms with E-state index in [0.717, 1.165) is 17.0 Å². The largest absolute Gasteiger partial charge is 0.418 e. The Morgan fingerprint density at radius 1 is 0.900 bits per heavy atom. The summed E-state index contributed by atoms with van der Waals surface area (Å²) in [7, 11) is 0. The fourth-order valence-corrected chi connectivity index (χ4v) is 3.93. The number of hydrogen-bond acceptors (Lipinski definition) is 3. The van der Waals surface area contributed by atoms with Crippen molar-refractivity contribution in [2.45, 2.75) is 19.0 Å². The van der Waals surface area contributed by atoms with E-state index in [4.69, 9.17) is 0 Å². The smallest absolute Gasteiger partial charge is 0.321 e. The average Bonchev–Trinajstić information content (AvgIpc) is 2.98. The van der Waals surface area contributed by atoms with E-state index < -0.39 is 47.0 Å². The number of nitrogens with zero attached hydrogens (tertiary/aromatic N) is 1. The Bertz CT molecular complexity index is 1040. The summed E-state index contributed by atoms with van der Waals surface area (Å²) in [6.07, 6.45) is -0.0594. The van der Waals surface area contributed by atoms with E-state index in [1.54, 1.807) is 6.07 Å². The van der Waals surface area contributed by atoms with Crippen molar-refractivity contribution in [2.24, 2.45) is 11.8 Å². The molecule has 0 spiro atoms. The van der Waals surface area contributed by atoms with Crippen molar-refractivity contribution >= 4 is 29.1 Å². The van der Waals surface area contributed by atoms with Gasteiger partial charge in [-0.2, -0.15) is 13.2 Å². The molecule has 1 aliphatic carbocycles. The van der Waals surface area contributed by atoms with Crippen molar-refractivity contribution in [1.29, 1.82) is 0 Å². The molecule has 30 heavy (non-hydrogen) atoms. The van der Waals surface area contributed by atoms with Gasteiger partial charge in [0.05, 0.1) is 34.3 Å². The molecule has 2 aromatic carbocycles. The van der Waals surface area contributed by atoms with Crippen LogP contribution in [0.15, 0.2) is 60.7 Å². The number of halogens is 3. The zero-order valence-corrected chi connectivity index (χ0v) is 15.6. The van der Waals surface area contributed by atoms with Crippen molar-refractivity contribution in [3.05, 3.63) is 71.8 Å². The van der Waals surface area contributed by atoms with Crippen molar-refractivity contribution in [2.75, 3.05) is 10.2 Å². The number of amides is 3. The number of rotatable bonds is 3. The second kappa shape index (κ2) is 7.44. The molecule has 1 N–H and O–H groups in total. The molecular formula is C22H17F3N2O3. The van der Waals surface area contributed by atoms with Crippen LogP contribution in [0.25, 0.3) is 0 Å². The van der Waals surface area contributed by atoms with Gasteiger partial charge in [-0.15, -0.1) is 0 Å². The van der Waals surface area contributed by atoms with Gasteiger partial charge in [-0.25, -0.2) is 4.90 Å². The zero-order chi connectivity index (χ0) is 21.5. The van der Waals surface area contributed by atoms with E-state index in [1.165, 1.54) is 30.3 Å². The van der Waals surface area contributed by atoms with Gasteiger partial charge in [0.1, 0.15) is 0 Å². The van der Waals surface area contributed by atoms with Crippen LogP contribution in [0.5, 0.6) is 0 Å². The predicted molar refractivity (Wildman–Crippen MR) is 104 cm³/mol. The fraction of sp³-hybridized carbons (Fsp3) is 0.227. The minimum Gasteiger partial charge on any atom is -0.321 e. The summed E-state index contributed by atoms with van der Waals surface area (Å²) in [5, 5.41) is 2.27. The number of carbonyl (C=O) groups excluding carboxylic acids is 3. The van der Waals surface area contributed by atoms with Crippen molar-refractivity contribution in [3.63, 3.8) is 0 Å². The van der Waals surface area contributed by atoms with Crippen LogP contribution < -0.4 is 10.2 Å². The Kier molecular flexibility index (Phi) is 4.93. The molecule has 0 bridgehead atoms. The number of alkyl halides is 3. The third kappa shape index (κ3) is 3.38. The van der Waals surface area contributed by atoms with Crippen LogP contribution in [0.1, 0.15) is 28.8 Å². The molecule has 0 saturated carbocycles. The van der Waals surface area contributed by atoms with Crippen LogP contribution in [0.2, 0.25) is 0 Å². The first-order chi connectivity index (χ1) is 14.3. The summed E-state index contributed by atoms with van der Waals surface area (Å²) in [6.45, 7) is 0. The standard InChI is InChI=1S/C22H17F3N2O3/c23-22(24,25)16-10-4-5-11-17(16)26-19(28)15-9-3-6-12-18(15)27-20(29)13-7-1-2-8-14(13)21(27)30/h1-6,9-14H,7-8H2,(H,26,28)/t13-,14+. The van der Waals surface area contributed by atoms with Gasteiger partial charge in [0.25, 0.3) is 5.91 Å². The Morgan fingerprint density at radius 2 is 1.47 bits per heavy atom. The number of hydrogen-bond donors (Lipinski definition) is 1. The first-order valence-electron chi connectivity index (χ1n) is 9.38. The highest BCUT2D eigenvalue weighted by Gasteiger charge is 2.48. The van der Waals surface area contributed by atoms with Crippen LogP contribution in [0.4, 0.5) is 24.5 Å². The van der Waals surface area contributed by atoms with Gasteiger partial charge in [0.2, 0.25) is 11.8 Å². The van der Waals surface area contributed by atoms with Gasteiger partial charge >= 0.3 is 6.18 Å². The van der Waals surface area contributed by atoms with E-state index in [0.29, 0.717) is 12.8 Å². The van der Waals surface area contributed by atoms with Gasteiger partial charge in [-0.1, -0.05) is 36.4 Å². The molecule has 2 aromatic rings. The lowest BCUT2D eigenvalue weighted by molar-refractivity contribution is -0.137. The van der Waals surface area contributed by atoms with Gasteiger partial charge in [0, 0.05) is 0 Å². The lowest BCUT2D eigenvalue weighted by Crippen LogP contribution is -2.33. The normalized spacial score (nSPS) is 21.0. The Balaban J connectivity index is 1.68. The maximum atomic E-state index is 13.2. The summed E-state index contributed by atoms with van der Waals surface area (Å²) in [6, 6.07) is 10.5. The topological polar surface area (TPSA) is 66.5 Å². The summed E-state index contributed by atoms with van der Waals surface area (Å²) >= 11 is 0. The fourth-order valence-electron chi connectivity index (χ4n) is 3.93. The molecule has 1 saturated heterocycles. The molecule has 0 radical (unpaired) electrons. The van der Waals surface area contributed by atoms with Crippen LogP contribution in [-0.4, -0.2) is 17.7 Å². The Labute approximate surface area is 170 Å². The molecule has 1 fully saturated rings. The quantitative estimate of drug-likeness (QED) is 0.598. The van der Waals surface area contributed by atoms with Crippen molar-refractivity contribution in [3.8, 4) is 0 Å². The first-order valence-corrected chi connectivity index (χ1v) is 9.38. The molecular weight excluding hydrogens is 397 g/mol. The van der Waals surface area contributed by atoms with E-state index in [-0.39, 0.29) is 11.3 Å². The second-order valence-electron chi connectivity index (χ2n) is 7.18. The molecule has 2 aliphatic rings. The van der Waals surface area contributed by atoms with Gasteiger partial charge in [0.15, 0.2) is 0 Å². The number of allylic oxidation sites excluding steroid dienone is 2. The Morgan fingerprint density at radius 3 is 2.10 bits per heavy atom. The second-order valence-corrected chi connectivity index (χ2v) is 7.18. The summed E-state index contributed by atoms with van der Waals surface area (Å²) in [4.78, 5) is 39.6. The highest BCUT2D eigenvalue weighted by atomic mass is 19.4. The number of fused-ring (bicyclic) bond motifs is 1. The van der Waals surface area contributed by atoms with E-state index >= 15 is 0 Å². The van der Waals surface area contributed by atoms with E-state index in [2.05, 4.69) is 5.32 Å². The first kappa shape index (κ1) is 19.9. The number of imide groups is 1. The average molecular weight is 414 g/mol. The monoisotopic (exact) mass is 414 g/mol. The lowest BCUT2D eigenvalue weighted by atomic mass is 9.85. The van der Waals surface area contributed by atoms with E-state index in [1.807, 2.05) is 12.2 Å². The molecule has 4 rings (SSSR count). The summed E-state index contributed by atoms with van der Waals surface area (Å²) in [5.74, 6) is -2.60. The minimum atomic E-state index is -4.65. The van der Waals surface area contributed by atoms with E-state index in [9.17, 15) is 27.6 Å². The SMILES string of the molecule is O=C(Nc1ccccc1C(F)(F)F)c1ccccc1N1C(=O)[C@H]2CC=CC[C@H]2C1=O. The maximum absolute atomic E-state index is 13.2. The number of anilines is 2. The molecule has 1 aliphatic heterocycles. The van der Waals surface area contributed by atoms with Gasteiger partial charge < -0.3 is 5.32 Å². The summed E-state index contributed by atoms with van der Waals surface area (Å²) < 4.78 is 39.7. The number of carbonyl (C=O) groups is 3. The maximum Gasteiger partial charge on any atom is 0.418 e. The lowest BCUT2D eigenvalue weighted by Gasteiger charge is -2.19.